The Bertz CT molecular complexity index is 861. The standard InChI is InChI=1S/C14H8F3N3O3/c15-14(16,17)23-10-4-2-1-3-9(10)22-11-6-19-13-12(20-11)8(7-21)5-18-13/h1-7H,(H,18,19). The van der Waals surface area contributed by atoms with Gasteiger partial charge in [0.05, 0.1) is 11.8 Å². The minimum Gasteiger partial charge on any atom is -0.434 e. The summed E-state index contributed by atoms with van der Waals surface area (Å²) in [7, 11) is 0. The lowest BCUT2D eigenvalue weighted by molar-refractivity contribution is -0.275. The summed E-state index contributed by atoms with van der Waals surface area (Å²) < 4.78 is 46.3. The van der Waals surface area contributed by atoms with E-state index in [0.717, 1.165) is 6.07 Å². The fourth-order valence-electron chi connectivity index (χ4n) is 1.89. The summed E-state index contributed by atoms with van der Waals surface area (Å²) in [5.74, 6) is -0.758. The van der Waals surface area contributed by atoms with Gasteiger partial charge in [0, 0.05) is 6.20 Å². The normalized spacial score (nSPS) is 11.4. The van der Waals surface area contributed by atoms with Crippen LogP contribution in [0.4, 0.5) is 13.2 Å². The molecular formula is C14H8F3N3O3. The second-order valence-electron chi connectivity index (χ2n) is 4.36. The van der Waals surface area contributed by atoms with E-state index in [9.17, 15) is 18.0 Å². The van der Waals surface area contributed by atoms with Crippen molar-refractivity contribution in [1.29, 1.82) is 0 Å². The fraction of sp³-hybridized carbons (Fsp3) is 0.0714. The van der Waals surface area contributed by atoms with Gasteiger partial charge in [-0.15, -0.1) is 13.2 Å². The average Bonchev–Trinajstić information content (AvgIpc) is 2.90. The van der Waals surface area contributed by atoms with Gasteiger partial charge in [-0.1, -0.05) is 12.1 Å². The van der Waals surface area contributed by atoms with E-state index in [-0.39, 0.29) is 22.7 Å². The van der Waals surface area contributed by atoms with Crippen molar-refractivity contribution in [2.75, 3.05) is 0 Å². The van der Waals surface area contributed by atoms with Gasteiger partial charge in [0.2, 0.25) is 5.88 Å². The molecule has 0 unspecified atom stereocenters. The number of aromatic nitrogens is 3. The number of nitrogens with one attached hydrogen (secondary N) is 1. The molecule has 0 radical (unpaired) electrons. The monoisotopic (exact) mass is 323 g/mol. The van der Waals surface area contributed by atoms with Crippen LogP contribution in [-0.2, 0) is 0 Å². The SMILES string of the molecule is O=Cc1c[nH]c2ncc(Oc3ccccc3OC(F)(F)F)nc12. The smallest absolute Gasteiger partial charge is 0.434 e. The van der Waals surface area contributed by atoms with Crippen molar-refractivity contribution in [3.63, 3.8) is 0 Å². The van der Waals surface area contributed by atoms with Crippen molar-refractivity contribution in [1.82, 2.24) is 15.0 Å². The average molecular weight is 323 g/mol. The Labute approximate surface area is 126 Å². The molecular weight excluding hydrogens is 315 g/mol. The van der Waals surface area contributed by atoms with Gasteiger partial charge in [0.15, 0.2) is 23.4 Å². The lowest BCUT2D eigenvalue weighted by Gasteiger charge is -2.13. The van der Waals surface area contributed by atoms with Crippen LogP contribution < -0.4 is 9.47 Å². The zero-order valence-electron chi connectivity index (χ0n) is 11.3. The highest BCUT2D eigenvalue weighted by Gasteiger charge is 2.32. The third kappa shape index (κ3) is 3.23. The van der Waals surface area contributed by atoms with E-state index in [1.165, 1.54) is 30.6 Å². The molecule has 2 aromatic heterocycles. The number of para-hydroxylation sites is 2. The van der Waals surface area contributed by atoms with Gasteiger partial charge in [-0.2, -0.15) is 0 Å². The number of aldehydes is 1. The number of hydrogen-bond donors (Lipinski definition) is 1. The Morgan fingerprint density at radius 3 is 2.61 bits per heavy atom. The van der Waals surface area contributed by atoms with Gasteiger partial charge >= 0.3 is 6.36 Å². The van der Waals surface area contributed by atoms with Gasteiger partial charge in [0.25, 0.3) is 0 Å². The van der Waals surface area contributed by atoms with Crippen molar-refractivity contribution < 1.29 is 27.4 Å². The van der Waals surface area contributed by atoms with Crippen LogP contribution in [0.2, 0.25) is 0 Å². The highest BCUT2D eigenvalue weighted by Crippen LogP contribution is 2.34. The van der Waals surface area contributed by atoms with Gasteiger partial charge in [-0.3, -0.25) is 4.79 Å². The van der Waals surface area contributed by atoms with Crippen LogP contribution in [0.3, 0.4) is 0 Å². The molecule has 6 nitrogen and oxygen atoms in total. The van der Waals surface area contributed by atoms with Crippen LogP contribution >= 0.6 is 0 Å². The molecule has 0 aliphatic rings. The summed E-state index contributed by atoms with van der Waals surface area (Å²) in [4.78, 5) is 21.7. The first-order chi connectivity index (χ1) is 11.0. The van der Waals surface area contributed by atoms with Crippen LogP contribution in [0.25, 0.3) is 11.2 Å². The topological polar surface area (TPSA) is 77.1 Å². The highest BCUT2D eigenvalue weighted by atomic mass is 19.4. The first-order valence-corrected chi connectivity index (χ1v) is 6.28. The first-order valence-electron chi connectivity index (χ1n) is 6.28. The zero-order chi connectivity index (χ0) is 16.4. The number of nitrogens with zero attached hydrogens (tertiary/aromatic N) is 2. The van der Waals surface area contributed by atoms with Gasteiger partial charge in [-0.05, 0) is 12.1 Å². The van der Waals surface area contributed by atoms with Crippen molar-refractivity contribution in [2.24, 2.45) is 0 Å². The molecule has 1 aromatic carbocycles. The number of H-pyrrole nitrogens is 1. The van der Waals surface area contributed by atoms with Crippen molar-refractivity contribution in [3.8, 4) is 17.4 Å². The number of halogens is 3. The number of carbonyl (C=O) groups is 1. The van der Waals surface area contributed by atoms with Gasteiger partial charge in [0.1, 0.15) is 5.52 Å². The van der Waals surface area contributed by atoms with Gasteiger partial charge in [-0.25, -0.2) is 9.97 Å². The maximum absolute atomic E-state index is 12.4. The molecule has 0 bridgehead atoms. The maximum atomic E-state index is 12.4. The molecule has 0 aliphatic heterocycles. The van der Waals surface area contributed by atoms with Crippen LogP contribution in [-0.4, -0.2) is 27.6 Å². The fourth-order valence-corrected chi connectivity index (χ4v) is 1.89. The number of fused-ring (bicyclic) bond motifs is 1. The summed E-state index contributed by atoms with van der Waals surface area (Å²) in [5, 5.41) is 0. The molecule has 118 valence electrons. The summed E-state index contributed by atoms with van der Waals surface area (Å²) in [6.07, 6.45) is -1.63. The van der Waals surface area contributed by atoms with Crippen molar-refractivity contribution in [3.05, 3.63) is 42.2 Å². The molecule has 0 saturated carbocycles. The van der Waals surface area contributed by atoms with Gasteiger partial charge < -0.3 is 14.5 Å². The lowest BCUT2D eigenvalue weighted by Crippen LogP contribution is -2.17. The minimum absolute atomic E-state index is 0.0709. The predicted octanol–water partition coefficient (Wildman–Crippen LogP) is 3.46. The van der Waals surface area contributed by atoms with Crippen molar-refractivity contribution >= 4 is 17.5 Å². The molecule has 0 fully saturated rings. The Balaban J connectivity index is 1.94. The van der Waals surface area contributed by atoms with E-state index in [4.69, 9.17) is 4.74 Å². The molecule has 0 spiro atoms. The number of aromatic amines is 1. The van der Waals surface area contributed by atoms with E-state index >= 15 is 0 Å². The molecule has 0 amide bonds. The molecule has 3 rings (SSSR count). The Kier molecular flexibility index (Phi) is 3.61. The van der Waals surface area contributed by atoms with E-state index in [1.54, 1.807) is 0 Å². The lowest BCUT2D eigenvalue weighted by atomic mass is 10.3. The third-order valence-electron chi connectivity index (χ3n) is 2.80. The summed E-state index contributed by atoms with van der Waals surface area (Å²) >= 11 is 0. The number of carbonyl (C=O) groups excluding carboxylic acids is 1. The van der Waals surface area contributed by atoms with E-state index < -0.39 is 12.1 Å². The van der Waals surface area contributed by atoms with E-state index in [1.807, 2.05) is 0 Å². The molecule has 0 aliphatic carbocycles. The predicted molar refractivity (Wildman–Crippen MR) is 72.5 cm³/mol. The Hall–Kier alpha value is -3.10. The van der Waals surface area contributed by atoms with Crippen molar-refractivity contribution in [2.45, 2.75) is 6.36 Å². The Morgan fingerprint density at radius 2 is 1.91 bits per heavy atom. The molecule has 2 heterocycles. The molecule has 9 heteroatoms. The summed E-state index contributed by atoms with van der Waals surface area (Å²) in [6.45, 7) is 0. The molecule has 0 saturated heterocycles. The maximum Gasteiger partial charge on any atom is 0.573 e. The number of rotatable bonds is 4. The van der Waals surface area contributed by atoms with E-state index in [0.29, 0.717) is 11.9 Å². The van der Waals surface area contributed by atoms with Crippen LogP contribution in [0.15, 0.2) is 36.7 Å². The second kappa shape index (κ2) is 5.59. The van der Waals surface area contributed by atoms with Crippen LogP contribution in [0.1, 0.15) is 10.4 Å². The number of ether oxygens (including phenoxy) is 2. The Morgan fingerprint density at radius 1 is 1.17 bits per heavy atom. The zero-order valence-corrected chi connectivity index (χ0v) is 11.3. The largest absolute Gasteiger partial charge is 0.573 e. The molecule has 23 heavy (non-hydrogen) atoms. The molecule has 1 N–H and O–H groups in total. The number of benzene rings is 1. The second-order valence-corrected chi connectivity index (χ2v) is 4.36. The summed E-state index contributed by atoms with van der Waals surface area (Å²) in [5.41, 5.74) is 0.878. The van der Waals surface area contributed by atoms with E-state index in [2.05, 4.69) is 19.7 Å². The first kappa shape index (κ1) is 14.8. The molecule has 0 atom stereocenters. The highest BCUT2D eigenvalue weighted by molar-refractivity contribution is 5.93. The van der Waals surface area contributed by atoms with Crippen LogP contribution in [0, 0.1) is 0 Å². The number of hydrogen-bond acceptors (Lipinski definition) is 5. The number of alkyl halides is 3. The van der Waals surface area contributed by atoms with Crippen LogP contribution in [0.5, 0.6) is 17.4 Å². The summed E-state index contributed by atoms with van der Waals surface area (Å²) in [6, 6.07) is 5.27. The quantitative estimate of drug-likeness (QED) is 0.744. The third-order valence-corrected chi connectivity index (χ3v) is 2.80. The molecule has 3 aromatic rings. The minimum atomic E-state index is -4.85.